The van der Waals surface area contributed by atoms with Gasteiger partial charge < -0.3 is 4.74 Å². The van der Waals surface area contributed by atoms with Crippen LogP contribution in [0, 0.1) is 0 Å². The van der Waals surface area contributed by atoms with Crippen molar-refractivity contribution >= 4 is 34.6 Å². The maximum Gasteiger partial charge on any atom is 0.267 e. The van der Waals surface area contributed by atoms with Gasteiger partial charge in [0, 0.05) is 0 Å². The van der Waals surface area contributed by atoms with Gasteiger partial charge in [-0.2, -0.15) is 0 Å². The highest BCUT2D eigenvalue weighted by molar-refractivity contribution is 8.18. The molecule has 1 saturated heterocycles. The lowest BCUT2D eigenvalue weighted by Crippen LogP contribution is -2.32. The van der Waals surface area contributed by atoms with Crippen molar-refractivity contribution in [2.75, 3.05) is 6.61 Å². The summed E-state index contributed by atoms with van der Waals surface area (Å²) in [7, 11) is 0. The highest BCUT2D eigenvalue weighted by atomic mass is 32.2. The van der Waals surface area contributed by atoms with E-state index in [4.69, 9.17) is 9.73 Å². The van der Waals surface area contributed by atoms with Gasteiger partial charge in [0.1, 0.15) is 5.75 Å². The molecule has 0 spiro atoms. The quantitative estimate of drug-likeness (QED) is 0.424. The van der Waals surface area contributed by atoms with Crippen molar-refractivity contribution in [3.8, 4) is 5.75 Å². The first-order chi connectivity index (χ1) is 15.2. The van der Waals surface area contributed by atoms with Crippen LogP contribution in [0.25, 0.3) is 6.08 Å². The summed E-state index contributed by atoms with van der Waals surface area (Å²) in [5.41, 5.74) is 2.84. The monoisotopic (exact) mass is 428 g/mol. The van der Waals surface area contributed by atoms with Crippen molar-refractivity contribution in [2.45, 2.75) is 19.9 Å². The van der Waals surface area contributed by atoms with Crippen molar-refractivity contribution < 1.29 is 9.53 Å². The van der Waals surface area contributed by atoms with Crippen LogP contribution in [0.15, 0.2) is 94.8 Å². The first-order valence-corrected chi connectivity index (χ1v) is 11.1. The second kappa shape index (κ2) is 9.67. The second-order valence-corrected chi connectivity index (χ2v) is 8.11. The number of ether oxygens (including phenoxy) is 1. The Balaban J connectivity index is 1.69. The number of carbonyl (C=O) groups excluding carboxylic acids is 1. The molecule has 0 aliphatic carbocycles. The Morgan fingerprint density at radius 1 is 0.968 bits per heavy atom. The van der Waals surface area contributed by atoms with E-state index in [9.17, 15) is 4.79 Å². The molecule has 3 aromatic carbocycles. The number of hydrogen-bond donors (Lipinski definition) is 0. The number of carbonyl (C=O) groups is 1. The number of para-hydroxylation sites is 1. The largest absolute Gasteiger partial charge is 0.494 e. The van der Waals surface area contributed by atoms with E-state index in [1.54, 1.807) is 4.90 Å². The zero-order chi connectivity index (χ0) is 21.6. The zero-order valence-corrected chi connectivity index (χ0v) is 18.4. The molecule has 1 aliphatic heterocycles. The van der Waals surface area contributed by atoms with E-state index in [0.717, 1.165) is 22.6 Å². The van der Waals surface area contributed by atoms with Gasteiger partial charge in [0.05, 0.1) is 23.2 Å². The summed E-state index contributed by atoms with van der Waals surface area (Å²) in [5.74, 6) is 0.783. The van der Waals surface area contributed by atoms with E-state index in [0.29, 0.717) is 16.7 Å². The third-order valence-electron chi connectivity index (χ3n) is 4.98. The van der Waals surface area contributed by atoms with Crippen LogP contribution in [-0.2, 0) is 4.79 Å². The highest BCUT2D eigenvalue weighted by Crippen LogP contribution is 2.39. The van der Waals surface area contributed by atoms with Crippen LogP contribution in [0.5, 0.6) is 5.75 Å². The zero-order valence-electron chi connectivity index (χ0n) is 17.6. The number of amides is 1. The number of amidine groups is 1. The minimum absolute atomic E-state index is 0.0371. The van der Waals surface area contributed by atoms with E-state index in [1.807, 2.05) is 105 Å². The third kappa shape index (κ3) is 4.89. The number of benzene rings is 3. The lowest BCUT2D eigenvalue weighted by molar-refractivity contribution is -0.123. The Bertz CT molecular complexity index is 1090. The van der Waals surface area contributed by atoms with Crippen LogP contribution in [0.1, 0.15) is 31.0 Å². The molecule has 0 unspecified atom stereocenters. The van der Waals surface area contributed by atoms with Crippen molar-refractivity contribution in [1.82, 2.24) is 4.90 Å². The number of rotatable bonds is 6. The van der Waals surface area contributed by atoms with E-state index >= 15 is 0 Å². The van der Waals surface area contributed by atoms with Crippen LogP contribution in [0.2, 0.25) is 0 Å². The fourth-order valence-electron chi connectivity index (χ4n) is 3.38. The molecule has 0 saturated carbocycles. The summed E-state index contributed by atoms with van der Waals surface area (Å²) in [6.07, 6.45) is 1.92. The molecule has 0 aromatic heterocycles. The summed E-state index contributed by atoms with van der Waals surface area (Å²) >= 11 is 1.41. The normalized spacial score (nSPS) is 17.4. The maximum atomic E-state index is 13.4. The Morgan fingerprint density at radius 3 is 2.26 bits per heavy atom. The van der Waals surface area contributed by atoms with Crippen LogP contribution >= 0.6 is 11.8 Å². The fourth-order valence-corrected chi connectivity index (χ4v) is 4.45. The summed E-state index contributed by atoms with van der Waals surface area (Å²) in [5, 5.41) is 0.685. The molecule has 0 radical (unpaired) electrons. The molecule has 4 nitrogen and oxygen atoms in total. The van der Waals surface area contributed by atoms with E-state index in [1.165, 1.54) is 11.8 Å². The lowest BCUT2D eigenvalue weighted by atomic mass is 10.1. The van der Waals surface area contributed by atoms with Crippen molar-refractivity contribution in [3.05, 3.63) is 101 Å². The van der Waals surface area contributed by atoms with Gasteiger partial charge >= 0.3 is 0 Å². The number of aliphatic imine (C=N–C) groups is 1. The molecule has 0 bridgehead atoms. The molecule has 1 aliphatic rings. The van der Waals surface area contributed by atoms with Crippen molar-refractivity contribution in [3.63, 3.8) is 0 Å². The van der Waals surface area contributed by atoms with Crippen LogP contribution in [0.4, 0.5) is 5.69 Å². The molecule has 1 fully saturated rings. The standard InChI is InChI=1S/C26H24N2O2S/c1-3-30-23-16-14-20(15-17-23)18-24-25(29)28(19(2)21-10-6-4-7-11-21)26(31-24)27-22-12-8-5-9-13-22/h4-19H,3H2,1-2H3/b24-18+,27-26?/t19-/m1/s1. The Labute approximate surface area is 187 Å². The minimum Gasteiger partial charge on any atom is -0.494 e. The summed E-state index contributed by atoms with van der Waals surface area (Å²) < 4.78 is 5.51. The van der Waals surface area contributed by atoms with E-state index < -0.39 is 0 Å². The van der Waals surface area contributed by atoms with Crippen molar-refractivity contribution in [1.29, 1.82) is 0 Å². The molecule has 1 amide bonds. The molecule has 5 heteroatoms. The summed E-state index contributed by atoms with van der Waals surface area (Å²) in [4.78, 5) is 20.7. The fraction of sp³-hybridized carbons (Fsp3) is 0.154. The predicted molar refractivity (Wildman–Crippen MR) is 128 cm³/mol. The minimum atomic E-state index is -0.130. The summed E-state index contributed by atoms with van der Waals surface area (Å²) in [6, 6.07) is 27.4. The topological polar surface area (TPSA) is 41.9 Å². The van der Waals surface area contributed by atoms with Crippen LogP contribution in [0.3, 0.4) is 0 Å². The van der Waals surface area contributed by atoms with E-state index in [-0.39, 0.29) is 11.9 Å². The molecule has 31 heavy (non-hydrogen) atoms. The molecule has 1 heterocycles. The lowest BCUT2D eigenvalue weighted by Gasteiger charge is -2.24. The summed E-state index contributed by atoms with van der Waals surface area (Å²) in [6.45, 7) is 4.62. The van der Waals surface area contributed by atoms with E-state index in [2.05, 4.69) is 0 Å². The predicted octanol–water partition coefficient (Wildman–Crippen LogP) is 6.45. The number of nitrogens with zero attached hydrogens (tertiary/aromatic N) is 2. The molecular formula is C26H24N2O2S. The number of hydrogen-bond acceptors (Lipinski definition) is 4. The van der Waals surface area contributed by atoms with Gasteiger partial charge in [0.15, 0.2) is 5.17 Å². The maximum absolute atomic E-state index is 13.4. The molecule has 3 aromatic rings. The van der Waals surface area contributed by atoms with Crippen molar-refractivity contribution in [2.24, 2.45) is 4.99 Å². The highest BCUT2D eigenvalue weighted by Gasteiger charge is 2.37. The average Bonchev–Trinajstić information content (AvgIpc) is 3.10. The Hall–Kier alpha value is -3.31. The van der Waals surface area contributed by atoms with Gasteiger partial charge in [-0.15, -0.1) is 0 Å². The smallest absolute Gasteiger partial charge is 0.267 e. The van der Waals surface area contributed by atoms with Gasteiger partial charge in [-0.3, -0.25) is 9.69 Å². The first-order valence-electron chi connectivity index (χ1n) is 10.3. The molecule has 4 rings (SSSR count). The van der Waals surface area contributed by atoms with Gasteiger partial charge in [0.2, 0.25) is 0 Å². The second-order valence-electron chi connectivity index (χ2n) is 7.10. The Kier molecular flexibility index (Phi) is 6.53. The first kappa shape index (κ1) is 20.9. The molecule has 0 N–H and O–H groups in total. The van der Waals surface area contributed by atoms with Gasteiger partial charge in [0.25, 0.3) is 5.91 Å². The molecule has 156 valence electrons. The third-order valence-corrected chi connectivity index (χ3v) is 5.96. The SMILES string of the molecule is CCOc1ccc(/C=C2/SC(=Nc3ccccc3)N([C@H](C)c3ccccc3)C2=O)cc1. The number of thioether (sulfide) groups is 1. The van der Waals surface area contributed by atoms with Crippen LogP contribution < -0.4 is 4.74 Å². The van der Waals surface area contributed by atoms with Crippen LogP contribution in [-0.4, -0.2) is 22.6 Å². The van der Waals surface area contributed by atoms with Gasteiger partial charge in [-0.05, 0) is 67.1 Å². The van der Waals surface area contributed by atoms with Gasteiger partial charge in [-0.25, -0.2) is 4.99 Å². The molecule has 1 atom stereocenters. The van der Waals surface area contributed by atoms with Gasteiger partial charge in [-0.1, -0.05) is 60.7 Å². The average molecular weight is 429 g/mol. The molecular weight excluding hydrogens is 404 g/mol. The Morgan fingerprint density at radius 2 is 1.61 bits per heavy atom.